The number of hydrogen-bond acceptors (Lipinski definition) is 3. The average Bonchev–Trinajstić information content (AvgIpc) is 2.59. The van der Waals surface area contributed by atoms with Crippen LogP contribution in [0.15, 0.2) is 17.5 Å². The number of halogens is 1. The van der Waals surface area contributed by atoms with Crippen LogP contribution < -0.4 is 4.74 Å². The van der Waals surface area contributed by atoms with Crippen molar-refractivity contribution in [2.24, 2.45) is 0 Å². The zero-order valence-electron chi connectivity index (χ0n) is 7.37. The molecule has 0 spiro atoms. The summed E-state index contributed by atoms with van der Waals surface area (Å²) in [6, 6.07) is 4.69. The first kappa shape index (κ1) is 8.97. The minimum Gasteiger partial charge on any atom is -0.495 e. The normalized spacial score (nSPS) is 10.1. The second-order valence-electron chi connectivity index (χ2n) is 2.75. The fourth-order valence-electron chi connectivity index (χ4n) is 1.31. The lowest BCUT2D eigenvalue weighted by atomic mass is 10.2. The van der Waals surface area contributed by atoms with Crippen molar-refractivity contribution in [2.45, 2.75) is 0 Å². The van der Waals surface area contributed by atoms with Crippen LogP contribution >= 0.6 is 11.3 Å². The molecule has 0 aliphatic carbocycles. The van der Waals surface area contributed by atoms with Gasteiger partial charge in [-0.3, -0.25) is 0 Å². The van der Waals surface area contributed by atoms with Crippen LogP contribution in [0.25, 0.3) is 10.1 Å². The van der Waals surface area contributed by atoms with Crippen LogP contribution in [0.5, 0.6) is 5.75 Å². The summed E-state index contributed by atoms with van der Waals surface area (Å²) < 4.78 is 18.9. The maximum Gasteiger partial charge on any atom is 0.139 e. The van der Waals surface area contributed by atoms with Crippen LogP contribution in [0, 0.1) is 17.1 Å². The van der Waals surface area contributed by atoms with Crippen LogP contribution in [0.4, 0.5) is 4.39 Å². The topological polar surface area (TPSA) is 33.0 Å². The number of methoxy groups -OCH3 is 1. The first-order valence-corrected chi connectivity index (χ1v) is 4.79. The van der Waals surface area contributed by atoms with Crippen molar-refractivity contribution in [2.75, 3.05) is 7.11 Å². The maximum absolute atomic E-state index is 13.1. The lowest BCUT2D eigenvalue weighted by Gasteiger charge is -2.01. The van der Waals surface area contributed by atoms with Crippen LogP contribution in [0.2, 0.25) is 0 Å². The zero-order chi connectivity index (χ0) is 10.1. The molecule has 0 bridgehead atoms. The number of thiophene rings is 1. The number of nitriles is 1. The molecule has 2 rings (SSSR count). The molecule has 70 valence electrons. The molecule has 1 heterocycles. The summed E-state index contributed by atoms with van der Waals surface area (Å²) in [7, 11) is 1.49. The fourth-order valence-corrected chi connectivity index (χ4v) is 2.28. The number of rotatable bonds is 1. The molecule has 4 heteroatoms. The highest BCUT2D eigenvalue weighted by molar-refractivity contribution is 7.17. The van der Waals surface area contributed by atoms with Crippen molar-refractivity contribution in [3.63, 3.8) is 0 Å². The highest BCUT2D eigenvalue weighted by Gasteiger charge is 2.10. The van der Waals surface area contributed by atoms with Crippen LogP contribution in [0.1, 0.15) is 5.56 Å². The molecule has 0 aliphatic rings. The standard InChI is InChI=1S/C10H6FNOS/c1-13-9-3-7(11)2-8-6(4-12)5-14-10(8)9/h2-3,5H,1H3. The van der Waals surface area contributed by atoms with Gasteiger partial charge in [-0.2, -0.15) is 5.26 Å². The molecule has 0 atom stereocenters. The number of nitrogens with zero attached hydrogens (tertiary/aromatic N) is 1. The van der Waals surface area contributed by atoms with E-state index in [9.17, 15) is 4.39 Å². The Morgan fingerprint density at radius 3 is 2.93 bits per heavy atom. The fraction of sp³-hybridized carbons (Fsp3) is 0.100. The molecular weight excluding hydrogens is 201 g/mol. The lowest BCUT2D eigenvalue weighted by molar-refractivity contribution is 0.417. The quantitative estimate of drug-likeness (QED) is 0.720. The third kappa shape index (κ3) is 1.22. The van der Waals surface area contributed by atoms with E-state index in [0.29, 0.717) is 16.7 Å². The molecule has 1 aromatic heterocycles. The van der Waals surface area contributed by atoms with Gasteiger partial charge in [0.25, 0.3) is 0 Å². The van der Waals surface area contributed by atoms with E-state index in [1.807, 2.05) is 6.07 Å². The van der Waals surface area contributed by atoms with Gasteiger partial charge in [0.05, 0.1) is 17.4 Å². The van der Waals surface area contributed by atoms with Crippen LogP contribution in [-0.4, -0.2) is 7.11 Å². The molecule has 0 N–H and O–H groups in total. The molecule has 0 saturated heterocycles. The smallest absolute Gasteiger partial charge is 0.139 e. The highest BCUT2D eigenvalue weighted by atomic mass is 32.1. The summed E-state index contributed by atoms with van der Waals surface area (Å²) in [6.07, 6.45) is 0. The van der Waals surface area contributed by atoms with Gasteiger partial charge in [-0.15, -0.1) is 11.3 Å². The highest BCUT2D eigenvalue weighted by Crippen LogP contribution is 2.34. The number of ether oxygens (including phenoxy) is 1. The van der Waals surface area contributed by atoms with Crippen molar-refractivity contribution in [3.8, 4) is 11.8 Å². The first-order valence-electron chi connectivity index (χ1n) is 3.91. The van der Waals surface area contributed by atoms with Crippen molar-refractivity contribution < 1.29 is 9.13 Å². The van der Waals surface area contributed by atoms with Crippen molar-refractivity contribution in [1.82, 2.24) is 0 Å². The Morgan fingerprint density at radius 2 is 2.29 bits per heavy atom. The maximum atomic E-state index is 13.1. The molecule has 1 aromatic carbocycles. The van der Waals surface area contributed by atoms with Gasteiger partial charge in [0.1, 0.15) is 17.6 Å². The third-order valence-corrected chi connectivity index (χ3v) is 2.96. The predicted octanol–water partition coefficient (Wildman–Crippen LogP) is 2.92. The molecule has 0 fully saturated rings. The van der Waals surface area contributed by atoms with E-state index in [4.69, 9.17) is 10.00 Å². The van der Waals surface area contributed by atoms with Gasteiger partial charge in [-0.05, 0) is 6.07 Å². The molecule has 2 aromatic rings. The zero-order valence-corrected chi connectivity index (χ0v) is 8.19. The Kier molecular flexibility index (Phi) is 2.10. The van der Waals surface area contributed by atoms with E-state index >= 15 is 0 Å². The van der Waals surface area contributed by atoms with Crippen molar-refractivity contribution >= 4 is 21.4 Å². The minimum absolute atomic E-state index is 0.385. The molecule has 0 unspecified atom stereocenters. The monoisotopic (exact) mass is 207 g/mol. The largest absolute Gasteiger partial charge is 0.495 e. The van der Waals surface area contributed by atoms with E-state index in [0.717, 1.165) is 4.70 Å². The Balaban J connectivity index is 2.85. The first-order chi connectivity index (χ1) is 6.76. The Hall–Kier alpha value is -1.60. The number of benzene rings is 1. The molecule has 2 nitrogen and oxygen atoms in total. The molecule has 0 amide bonds. The van der Waals surface area contributed by atoms with E-state index in [1.54, 1.807) is 5.38 Å². The summed E-state index contributed by atoms with van der Waals surface area (Å²) >= 11 is 1.38. The Bertz CT molecular complexity index is 527. The van der Waals surface area contributed by atoms with Gasteiger partial charge >= 0.3 is 0 Å². The second kappa shape index (κ2) is 3.28. The summed E-state index contributed by atoms with van der Waals surface area (Å²) in [5.74, 6) is 0.0933. The number of hydrogen-bond donors (Lipinski definition) is 0. The Morgan fingerprint density at radius 1 is 1.50 bits per heavy atom. The van der Waals surface area contributed by atoms with Gasteiger partial charge < -0.3 is 4.74 Å². The second-order valence-corrected chi connectivity index (χ2v) is 3.63. The van der Waals surface area contributed by atoms with E-state index in [2.05, 4.69) is 0 Å². The summed E-state index contributed by atoms with van der Waals surface area (Å²) in [5, 5.41) is 11.1. The minimum atomic E-state index is -0.385. The van der Waals surface area contributed by atoms with Crippen molar-refractivity contribution in [3.05, 3.63) is 28.9 Å². The van der Waals surface area contributed by atoms with Gasteiger partial charge in [-0.1, -0.05) is 0 Å². The van der Waals surface area contributed by atoms with E-state index < -0.39 is 0 Å². The third-order valence-electron chi connectivity index (χ3n) is 1.94. The SMILES string of the molecule is COc1cc(F)cc2c(C#N)csc12. The average molecular weight is 207 g/mol. The number of fused-ring (bicyclic) bond motifs is 1. The van der Waals surface area contributed by atoms with E-state index in [-0.39, 0.29) is 5.82 Å². The van der Waals surface area contributed by atoms with Gasteiger partial charge in [0.2, 0.25) is 0 Å². The lowest BCUT2D eigenvalue weighted by Crippen LogP contribution is -1.84. The van der Waals surface area contributed by atoms with Crippen LogP contribution in [0.3, 0.4) is 0 Å². The molecular formula is C10H6FNOS. The van der Waals surface area contributed by atoms with Crippen LogP contribution in [-0.2, 0) is 0 Å². The van der Waals surface area contributed by atoms with Gasteiger partial charge in [-0.25, -0.2) is 4.39 Å². The molecule has 0 aliphatic heterocycles. The molecule has 0 saturated carbocycles. The summed E-state index contributed by atoms with van der Waals surface area (Å²) in [4.78, 5) is 0. The predicted molar refractivity (Wildman–Crippen MR) is 53.1 cm³/mol. The van der Waals surface area contributed by atoms with Gasteiger partial charge in [0, 0.05) is 16.8 Å². The molecule has 0 radical (unpaired) electrons. The Labute approximate surface area is 84.2 Å². The van der Waals surface area contributed by atoms with Gasteiger partial charge in [0.15, 0.2) is 0 Å². The molecule has 14 heavy (non-hydrogen) atoms. The summed E-state index contributed by atoms with van der Waals surface area (Å²) in [5.41, 5.74) is 0.489. The summed E-state index contributed by atoms with van der Waals surface area (Å²) in [6.45, 7) is 0. The van der Waals surface area contributed by atoms with Crippen molar-refractivity contribution in [1.29, 1.82) is 5.26 Å². The van der Waals surface area contributed by atoms with E-state index in [1.165, 1.54) is 30.6 Å².